The first-order valence-corrected chi connectivity index (χ1v) is 9.94. The minimum atomic E-state index is 0.155. The standard InChI is InChI=1S/C21H27NOS/c1-3-5-14-21(4-2)15-24-19-9-7-6-8-18(19)20(22-21)16-10-12-17(23)13-11-16/h6-13,20,22-23H,3-5,14-15H2,1-2H3. The third-order valence-corrected chi connectivity index (χ3v) is 6.48. The number of nitrogens with one attached hydrogen (secondary N) is 1. The van der Waals surface area contributed by atoms with Gasteiger partial charge in [-0.05, 0) is 42.2 Å². The number of benzene rings is 2. The molecule has 2 nitrogen and oxygen atoms in total. The van der Waals surface area contributed by atoms with Gasteiger partial charge in [-0.1, -0.05) is 57.0 Å². The van der Waals surface area contributed by atoms with Crippen molar-refractivity contribution in [2.45, 2.75) is 56.0 Å². The highest BCUT2D eigenvalue weighted by molar-refractivity contribution is 7.99. The fourth-order valence-electron chi connectivity index (χ4n) is 3.46. The van der Waals surface area contributed by atoms with Gasteiger partial charge in [-0.15, -0.1) is 11.8 Å². The molecule has 0 aromatic heterocycles. The summed E-state index contributed by atoms with van der Waals surface area (Å²) in [5.41, 5.74) is 2.72. The van der Waals surface area contributed by atoms with E-state index in [1.165, 1.54) is 35.3 Å². The lowest BCUT2D eigenvalue weighted by atomic mass is 9.88. The van der Waals surface area contributed by atoms with Gasteiger partial charge in [0.2, 0.25) is 0 Å². The molecule has 2 N–H and O–H groups in total. The average molecular weight is 342 g/mol. The second-order valence-corrected chi connectivity index (χ2v) is 7.75. The molecule has 0 fully saturated rings. The Bertz CT molecular complexity index is 670. The molecule has 2 aromatic rings. The summed E-state index contributed by atoms with van der Waals surface area (Å²) in [6.45, 7) is 4.56. The van der Waals surface area contributed by atoms with Crippen LogP contribution in [-0.2, 0) is 0 Å². The summed E-state index contributed by atoms with van der Waals surface area (Å²) in [4.78, 5) is 1.37. The van der Waals surface area contributed by atoms with Crippen LogP contribution in [0.3, 0.4) is 0 Å². The molecule has 2 atom stereocenters. The molecule has 0 bridgehead atoms. The van der Waals surface area contributed by atoms with E-state index in [4.69, 9.17) is 0 Å². The van der Waals surface area contributed by atoms with Crippen molar-refractivity contribution in [2.24, 2.45) is 0 Å². The summed E-state index contributed by atoms with van der Waals surface area (Å²) in [7, 11) is 0. The Morgan fingerprint density at radius 2 is 1.88 bits per heavy atom. The zero-order valence-corrected chi connectivity index (χ0v) is 15.4. The van der Waals surface area contributed by atoms with E-state index < -0.39 is 0 Å². The van der Waals surface area contributed by atoms with Crippen molar-refractivity contribution >= 4 is 11.8 Å². The van der Waals surface area contributed by atoms with Crippen molar-refractivity contribution in [3.05, 3.63) is 59.7 Å². The van der Waals surface area contributed by atoms with Crippen LogP contribution in [0.15, 0.2) is 53.4 Å². The number of fused-ring (bicyclic) bond motifs is 1. The number of phenolic OH excluding ortho intramolecular Hbond substituents is 1. The highest BCUT2D eigenvalue weighted by Gasteiger charge is 2.35. The predicted molar refractivity (Wildman–Crippen MR) is 103 cm³/mol. The van der Waals surface area contributed by atoms with E-state index in [9.17, 15) is 5.11 Å². The minimum absolute atomic E-state index is 0.155. The molecule has 0 spiro atoms. The number of unbranched alkanes of at least 4 members (excludes halogenated alkanes) is 1. The molecule has 0 saturated heterocycles. The Balaban J connectivity index is 2.02. The third-order valence-electron chi connectivity index (χ3n) is 5.10. The quantitative estimate of drug-likeness (QED) is 0.751. The van der Waals surface area contributed by atoms with Crippen molar-refractivity contribution in [3.8, 4) is 5.75 Å². The lowest BCUT2D eigenvalue weighted by Crippen LogP contribution is -2.48. The van der Waals surface area contributed by atoms with Gasteiger partial charge in [0.25, 0.3) is 0 Å². The lowest BCUT2D eigenvalue weighted by molar-refractivity contribution is 0.298. The van der Waals surface area contributed by atoms with E-state index in [-0.39, 0.29) is 11.6 Å². The molecule has 1 aliphatic rings. The first kappa shape index (κ1) is 17.4. The van der Waals surface area contributed by atoms with Crippen molar-refractivity contribution in [3.63, 3.8) is 0 Å². The summed E-state index contributed by atoms with van der Waals surface area (Å²) in [6.07, 6.45) is 4.81. The molecule has 128 valence electrons. The van der Waals surface area contributed by atoms with Gasteiger partial charge in [0.05, 0.1) is 6.04 Å². The number of thioether (sulfide) groups is 1. The largest absolute Gasteiger partial charge is 0.508 e. The Kier molecular flexibility index (Phi) is 5.52. The van der Waals surface area contributed by atoms with E-state index >= 15 is 0 Å². The van der Waals surface area contributed by atoms with E-state index in [0.29, 0.717) is 5.75 Å². The highest BCUT2D eigenvalue weighted by atomic mass is 32.2. The smallest absolute Gasteiger partial charge is 0.115 e. The SMILES string of the molecule is CCCCC1(CC)CSc2ccccc2C(c2ccc(O)cc2)N1. The van der Waals surface area contributed by atoms with Crippen LogP contribution in [0.2, 0.25) is 0 Å². The summed E-state index contributed by atoms with van der Waals surface area (Å²) < 4.78 is 0. The fourth-order valence-corrected chi connectivity index (χ4v) is 4.85. The zero-order chi connectivity index (χ0) is 17.0. The van der Waals surface area contributed by atoms with E-state index in [1.54, 1.807) is 12.1 Å². The van der Waals surface area contributed by atoms with Gasteiger partial charge in [-0.2, -0.15) is 0 Å². The maximum Gasteiger partial charge on any atom is 0.115 e. The van der Waals surface area contributed by atoms with Crippen LogP contribution in [-0.4, -0.2) is 16.4 Å². The molecule has 2 aromatic carbocycles. The molecule has 0 aliphatic carbocycles. The van der Waals surface area contributed by atoms with Crippen LogP contribution in [0.5, 0.6) is 5.75 Å². The second-order valence-electron chi connectivity index (χ2n) is 6.73. The average Bonchev–Trinajstić information content (AvgIpc) is 2.79. The maximum atomic E-state index is 9.65. The maximum absolute atomic E-state index is 9.65. The topological polar surface area (TPSA) is 32.3 Å². The van der Waals surface area contributed by atoms with Gasteiger partial charge >= 0.3 is 0 Å². The predicted octanol–water partition coefficient (Wildman–Crippen LogP) is 5.52. The highest BCUT2D eigenvalue weighted by Crippen LogP contribution is 2.40. The number of hydrogen-bond acceptors (Lipinski definition) is 3. The molecule has 1 aliphatic heterocycles. The van der Waals surface area contributed by atoms with E-state index in [1.807, 2.05) is 23.9 Å². The molecule has 0 saturated carbocycles. The van der Waals surface area contributed by atoms with Crippen molar-refractivity contribution in [1.29, 1.82) is 0 Å². The van der Waals surface area contributed by atoms with Gasteiger partial charge in [0.1, 0.15) is 5.75 Å². The first-order valence-electron chi connectivity index (χ1n) is 8.96. The van der Waals surface area contributed by atoms with Crippen LogP contribution in [0, 0.1) is 0 Å². The van der Waals surface area contributed by atoms with Crippen molar-refractivity contribution in [2.75, 3.05) is 5.75 Å². The minimum Gasteiger partial charge on any atom is -0.508 e. The van der Waals surface area contributed by atoms with Gasteiger partial charge in [0, 0.05) is 16.2 Å². The van der Waals surface area contributed by atoms with Crippen molar-refractivity contribution < 1.29 is 5.11 Å². The third kappa shape index (κ3) is 3.62. The van der Waals surface area contributed by atoms with E-state index in [0.717, 1.165) is 12.2 Å². The monoisotopic (exact) mass is 341 g/mol. The summed E-state index contributed by atoms with van der Waals surface area (Å²) in [5.74, 6) is 1.43. The van der Waals surface area contributed by atoms with Crippen LogP contribution in [0.25, 0.3) is 0 Å². The Hall–Kier alpha value is -1.45. The Morgan fingerprint density at radius 1 is 1.12 bits per heavy atom. The molecule has 3 rings (SSSR count). The summed E-state index contributed by atoms with van der Waals surface area (Å²) in [6, 6.07) is 16.6. The fraction of sp³-hybridized carbons (Fsp3) is 0.429. The number of phenols is 1. The molecule has 24 heavy (non-hydrogen) atoms. The summed E-state index contributed by atoms with van der Waals surface area (Å²) >= 11 is 1.98. The van der Waals surface area contributed by atoms with Crippen LogP contribution in [0.4, 0.5) is 0 Å². The van der Waals surface area contributed by atoms with Gasteiger partial charge in [-0.25, -0.2) is 0 Å². The number of rotatable bonds is 5. The normalized spacial score (nSPS) is 23.5. The Morgan fingerprint density at radius 3 is 2.58 bits per heavy atom. The zero-order valence-electron chi connectivity index (χ0n) is 14.6. The van der Waals surface area contributed by atoms with Gasteiger partial charge in [0.15, 0.2) is 0 Å². The Labute approximate surface area is 149 Å². The van der Waals surface area contributed by atoms with Gasteiger partial charge in [-0.3, -0.25) is 5.32 Å². The van der Waals surface area contributed by atoms with Gasteiger partial charge < -0.3 is 5.11 Å². The first-order chi connectivity index (χ1) is 11.7. The molecular weight excluding hydrogens is 314 g/mol. The van der Waals surface area contributed by atoms with Crippen molar-refractivity contribution in [1.82, 2.24) is 5.32 Å². The lowest BCUT2D eigenvalue weighted by Gasteiger charge is -2.36. The second kappa shape index (κ2) is 7.62. The molecule has 3 heteroatoms. The molecule has 2 unspecified atom stereocenters. The summed E-state index contributed by atoms with van der Waals surface area (Å²) in [5, 5.41) is 13.6. The molecule has 0 radical (unpaired) electrons. The van der Waals surface area contributed by atoms with Crippen LogP contribution >= 0.6 is 11.8 Å². The van der Waals surface area contributed by atoms with E-state index in [2.05, 4.69) is 43.4 Å². The molecule has 1 heterocycles. The van der Waals surface area contributed by atoms with Crippen LogP contribution in [0.1, 0.15) is 56.7 Å². The molecule has 0 amide bonds. The number of aromatic hydroxyl groups is 1. The van der Waals surface area contributed by atoms with Crippen LogP contribution < -0.4 is 5.32 Å². The molecular formula is C21H27NOS. The number of hydrogen-bond donors (Lipinski definition) is 2.